The van der Waals surface area contributed by atoms with E-state index in [4.69, 9.17) is 9.47 Å². The van der Waals surface area contributed by atoms with E-state index in [9.17, 15) is 14.9 Å². The fraction of sp³-hybridized carbons (Fsp3) is 0.136. The fourth-order valence-electron chi connectivity index (χ4n) is 2.75. The number of nitro benzene ring substituents is 1. The van der Waals surface area contributed by atoms with Gasteiger partial charge >= 0.3 is 0 Å². The van der Waals surface area contributed by atoms with Crippen molar-refractivity contribution in [3.63, 3.8) is 0 Å². The number of ether oxygens (including phenoxy) is 2. The van der Waals surface area contributed by atoms with Crippen molar-refractivity contribution < 1.29 is 19.2 Å². The Labute approximate surface area is 168 Å². The summed E-state index contributed by atoms with van der Waals surface area (Å²) in [6, 6.07) is 18.7. The smallest absolute Gasteiger partial charge is 0.269 e. The normalized spacial score (nSPS) is 10.3. The number of benzene rings is 3. The van der Waals surface area contributed by atoms with Gasteiger partial charge in [0.15, 0.2) is 11.5 Å². The van der Waals surface area contributed by atoms with Gasteiger partial charge in [0.2, 0.25) is 0 Å². The molecule has 0 saturated carbocycles. The van der Waals surface area contributed by atoms with Crippen LogP contribution in [0.4, 0.5) is 11.4 Å². The Hall–Kier alpha value is -3.87. The Morgan fingerprint density at radius 2 is 1.72 bits per heavy atom. The molecule has 0 aliphatic rings. The number of hydrogen-bond donors (Lipinski definition) is 1. The number of non-ortho nitro benzene ring substituents is 1. The summed E-state index contributed by atoms with van der Waals surface area (Å²) in [7, 11) is 1.59. The van der Waals surface area contributed by atoms with E-state index in [2.05, 4.69) is 5.32 Å². The van der Waals surface area contributed by atoms with Crippen LogP contribution in [0.15, 0.2) is 66.7 Å². The highest BCUT2D eigenvalue weighted by Crippen LogP contribution is 2.27. The number of rotatable bonds is 7. The second-order valence-electron chi connectivity index (χ2n) is 6.35. The van der Waals surface area contributed by atoms with Crippen LogP contribution in [-0.2, 0) is 6.61 Å². The van der Waals surface area contributed by atoms with E-state index in [0.29, 0.717) is 34.9 Å². The highest BCUT2D eigenvalue weighted by atomic mass is 16.6. The van der Waals surface area contributed by atoms with Crippen LogP contribution in [0.2, 0.25) is 0 Å². The molecule has 0 aliphatic heterocycles. The number of nitrogens with one attached hydrogen (secondary N) is 1. The standard InChI is InChI=1S/C22H20N2O5/c1-15-13-18(24(26)27)11-12-19(15)23-22(25)17-9-7-16(8-10-17)14-29-21-6-4-3-5-20(21)28-2/h3-13H,14H2,1-2H3,(H,23,25). The Morgan fingerprint density at radius 1 is 1.03 bits per heavy atom. The Morgan fingerprint density at radius 3 is 2.34 bits per heavy atom. The van der Waals surface area contributed by atoms with Gasteiger partial charge < -0.3 is 14.8 Å². The molecule has 0 radical (unpaired) electrons. The van der Waals surface area contributed by atoms with Crippen molar-refractivity contribution in [1.29, 1.82) is 0 Å². The van der Waals surface area contributed by atoms with E-state index in [-0.39, 0.29) is 11.6 Å². The molecule has 0 spiro atoms. The summed E-state index contributed by atoms with van der Waals surface area (Å²) in [5, 5.41) is 13.6. The SMILES string of the molecule is COc1ccccc1OCc1ccc(C(=O)Nc2ccc([N+](=O)[O-])cc2C)cc1. The zero-order chi connectivity index (χ0) is 20.8. The number of amides is 1. The van der Waals surface area contributed by atoms with Crippen LogP contribution >= 0.6 is 0 Å². The van der Waals surface area contributed by atoms with Crippen molar-refractivity contribution in [1.82, 2.24) is 0 Å². The van der Waals surface area contributed by atoms with E-state index >= 15 is 0 Å². The zero-order valence-corrected chi connectivity index (χ0v) is 16.0. The zero-order valence-electron chi connectivity index (χ0n) is 16.0. The molecule has 0 bridgehead atoms. The third-order valence-corrected chi connectivity index (χ3v) is 4.35. The van der Waals surface area contributed by atoms with Gasteiger partial charge in [-0.2, -0.15) is 0 Å². The second-order valence-corrected chi connectivity index (χ2v) is 6.35. The van der Waals surface area contributed by atoms with Gasteiger partial charge in [-0.1, -0.05) is 24.3 Å². The molecule has 0 saturated heterocycles. The van der Waals surface area contributed by atoms with Crippen molar-refractivity contribution in [3.8, 4) is 11.5 Å². The molecule has 1 N–H and O–H groups in total. The molecule has 7 heteroatoms. The summed E-state index contributed by atoms with van der Waals surface area (Å²) in [5.74, 6) is 1.01. The van der Waals surface area contributed by atoms with Gasteiger partial charge in [0.25, 0.3) is 11.6 Å². The Balaban J connectivity index is 1.64. The molecule has 0 fully saturated rings. The van der Waals surface area contributed by atoms with Crippen LogP contribution in [0.25, 0.3) is 0 Å². The van der Waals surface area contributed by atoms with Crippen LogP contribution in [-0.4, -0.2) is 17.9 Å². The maximum Gasteiger partial charge on any atom is 0.269 e. The molecule has 3 aromatic carbocycles. The van der Waals surface area contributed by atoms with Crippen LogP contribution in [0.5, 0.6) is 11.5 Å². The topological polar surface area (TPSA) is 90.7 Å². The van der Waals surface area contributed by atoms with Crippen molar-refractivity contribution in [2.45, 2.75) is 13.5 Å². The van der Waals surface area contributed by atoms with Crippen LogP contribution in [0.1, 0.15) is 21.5 Å². The predicted molar refractivity (Wildman–Crippen MR) is 110 cm³/mol. The summed E-state index contributed by atoms with van der Waals surface area (Å²) in [6.07, 6.45) is 0. The van der Waals surface area contributed by atoms with Gasteiger partial charge in [0, 0.05) is 23.4 Å². The minimum Gasteiger partial charge on any atom is -0.493 e. The lowest BCUT2D eigenvalue weighted by molar-refractivity contribution is -0.384. The van der Waals surface area contributed by atoms with Crippen molar-refractivity contribution in [2.24, 2.45) is 0 Å². The number of carbonyl (C=O) groups is 1. The molecular weight excluding hydrogens is 372 g/mol. The van der Waals surface area contributed by atoms with Crippen molar-refractivity contribution in [2.75, 3.05) is 12.4 Å². The maximum absolute atomic E-state index is 12.5. The molecule has 0 aliphatic carbocycles. The molecule has 0 aromatic heterocycles. The molecule has 29 heavy (non-hydrogen) atoms. The van der Waals surface area contributed by atoms with E-state index in [0.717, 1.165) is 5.56 Å². The summed E-state index contributed by atoms with van der Waals surface area (Å²) >= 11 is 0. The molecule has 7 nitrogen and oxygen atoms in total. The highest BCUT2D eigenvalue weighted by Gasteiger charge is 2.12. The quantitative estimate of drug-likeness (QED) is 0.463. The third-order valence-electron chi connectivity index (χ3n) is 4.35. The molecule has 3 aromatic rings. The largest absolute Gasteiger partial charge is 0.493 e. The number of anilines is 1. The number of hydrogen-bond acceptors (Lipinski definition) is 5. The number of nitrogens with zero attached hydrogens (tertiary/aromatic N) is 1. The number of para-hydroxylation sites is 2. The van der Waals surface area contributed by atoms with Gasteiger partial charge in [0.1, 0.15) is 6.61 Å². The van der Waals surface area contributed by atoms with E-state index in [1.54, 1.807) is 26.2 Å². The van der Waals surface area contributed by atoms with E-state index < -0.39 is 4.92 Å². The average Bonchev–Trinajstić information content (AvgIpc) is 2.74. The summed E-state index contributed by atoms with van der Waals surface area (Å²) in [4.78, 5) is 22.8. The minimum atomic E-state index is -0.468. The van der Waals surface area contributed by atoms with Crippen molar-refractivity contribution in [3.05, 3.63) is 93.5 Å². The number of aryl methyl sites for hydroxylation is 1. The maximum atomic E-state index is 12.5. The number of methoxy groups -OCH3 is 1. The van der Waals surface area contributed by atoms with Crippen LogP contribution in [0, 0.1) is 17.0 Å². The van der Waals surface area contributed by atoms with Crippen LogP contribution in [0.3, 0.4) is 0 Å². The molecule has 148 valence electrons. The van der Waals surface area contributed by atoms with Gasteiger partial charge in [-0.3, -0.25) is 14.9 Å². The first kappa shape index (κ1) is 19.9. The third kappa shape index (κ3) is 4.90. The number of nitro groups is 1. The minimum absolute atomic E-state index is 0.0140. The lowest BCUT2D eigenvalue weighted by Gasteiger charge is -2.11. The summed E-state index contributed by atoms with van der Waals surface area (Å²) < 4.78 is 11.0. The Kier molecular flexibility index (Phi) is 6.09. The van der Waals surface area contributed by atoms with Gasteiger partial charge in [0.05, 0.1) is 12.0 Å². The number of carbonyl (C=O) groups excluding carboxylic acids is 1. The molecule has 0 atom stereocenters. The second kappa shape index (κ2) is 8.88. The summed E-state index contributed by atoms with van der Waals surface area (Å²) in [6.45, 7) is 2.05. The molecular formula is C22H20N2O5. The first-order valence-electron chi connectivity index (χ1n) is 8.89. The van der Waals surface area contributed by atoms with Crippen LogP contribution < -0.4 is 14.8 Å². The molecule has 1 amide bonds. The lowest BCUT2D eigenvalue weighted by atomic mass is 10.1. The van der Waals surface area contributed by atoms with Crippen molar-refractivity contribution >= 4 is 17.3 Å². The van der Waals surface area contributed by atoms with E-state index in [1.165, 1.54) is 18.2 Å². The molecule has 0 heterocycles. The molecule has 3 rings (SSSR count). The van der Waals surface area contributed by atoms with Gasteiger partial charge in [-0.15, -0.1) is 0 Å². The van der Waals surface area contributed by atoms with E-state index in [1.807, 2.05) is 36.4 Å². The first-order valence-corrected chi connectivity index (χ1v) is 8.89. The summed E-state index contributed by atoms with van der Waals surface area (Å²) in [5.41, 5.74) is 2.52. The average molecular weight is 392 g/mol. The first-order chi connectivity index (χ1) is 14.0. The lowest BCUT2D eigenvalue weighted by Crippen LogP contribution is -2.13. The fourth-order valence-corrected chi connectivity index (χ4v) is 2.75. The molecule has 0 unspecified atom stereocenters. The monoisotopic (exact) mass is 392 g/mol. The van der Waals surface area contributed by atoms with Gasteiger partial charge in [-0.25, -0.2) is 0 Å². The van der Waals surface area contributed by atoms with Gasteiger partial charge in [-0.05, 0) is 48.4 Å². The predicted octanol–water partition coefficient (Wildman–Crippen LogP) is 4.74. The highest BCUT2D eigenvalue weighted by molar-refractivity contribution is 6.04. The Bertz CT molecular complexity index is 1030.